The lowest BCUT2D eigenvalue weighted by Crippen LogP contribution is -2.05. The SMILES string of the molecule is CCOC(=O)c1cc(Br)ccc1Br. The van der Waals surface area contributed by atoms with Gasteiger partial charge in [0.15, 0.2) is 0 Å². The highest BCUT2D eigenvalue weighted by atomic mass is 79.9. The molecule has 0 amide bonds. The first-order valence-corrected chi connectivity index (χ1v) is 5.36. The van der Waals surface area contributed by atoms with E-state index in [1.54, 1.807) is 19.1 Å². The number of hydrogen-bond donors (Lipinski definition) is 0. The summed E-state index contributed by atoms with van der Waals surface area (Å²) < 4.78 is 6.48. The van der Waals surface area contributed by atoms with Gasteiger partial charge in [0.05, 0.1) is 12.2 Å². The number of benzene rings is 1. The molecule has 0 radical (unpaired) electrons. The van der Waals surface area contributed by atoms with Crippen molar-refractivity contribution >= 4 is 37.8 Å². The topological polar surface area (TPSA) is 26.3 Å². The first-order chi connectivity index (χ1) is 6.15. The average molecular weight is 308 g/mol. The predicted molar refractivity (Wildman–Crippen MR) is 57.8 cm³/mol. The molecule has 13 heavy (non-hydrogen) atoms. The normalized spacial score (nSPS) is 9.77. The average Bonchev–Trinajstić information content (AvgIpc) is 2.09. The monoisotopic (exact) mass is 306 g/mol. The van der Waals surface area contributed by atoms with Crippen LogP contribution in [-0.2, 0) is 4.74 Å². The fraction of sp³-hybridized carbons (Fsp3) is 0.222. The van der Waals surface area contributed by atoms with E-state index in [0.29, 0.717) is 12.2 Å². The van der Waals surface area contributed by atoms with Crippen LogP contribution in [0.3, 0.4) is 0 Å². The van der Waals surface area contributed by atoms with Gasteiger partial charge in [-0.15, -0.1) is 0 Å². The van der Waals surface area contributed by atoms with Crippen LogP contribution in [0.4, 0.5) is 0 Å². The van der Waals surface area contributed by atoms with E-state index in [4.69, 9.17) is 4.74 Å². The zero-order chi connectivity index (χ0) is 9.84. The van der Waals surface area contributed by atoms with Crippen molar-refractivity contribution in [3.05, 3.63) is 32.7 Å². The maximum Gasteiger partial charge on any atom is 0.339 e. The van der Waals surface area contributed by atoms with Gasteiger partial charge in [-0.05, 0) is 41.1 Å². The van der Waals surface area contributed by atoms with Crippen LogP contribution in [-0.4, -0.2) is 12.6 Å². The molecule has 2 nitrogen and oxygen atoms in total. The first-order valence-electron chi connectivity index (χ1n) is 3.77. The molecule has 0 saturated carbocycles. The third-order valence-electron chi connectivity index (χ3n) is 1.42. The zero-order valence-electron chi connectivity index (χ0n) is 7.01. The maximum atomic E-state index is 11.3. The molecule has 70 valence electrons. The Morgan fingerprint density at radius 1 is 1.46 bits per heavy atom. The number of hydrogen-bond acceptors (Lipinski definition) is 2. The van der Waals surface area contributed by atoms with Crippen LogP contribution in [0.25, 0.3) is 0 Å². The molecule has 1 rings (SSSR count). The standard InChI is InChI=1S/C9H8Br2O2/c1-2-13-9(12)7-5-6(10)3-4-8(7)11/h3-5H,2H2,1H3. The molecule has 0 aromatic heterocycles. The summed E-state index contributed by atoms with van der Waals surface area (Å²) in [6.07, 6.45) is 0. The molecule has 1 aromatic rings. The quantitative estimate of drug-likeness (QED) is 0.783. The van der Waals surface area contributed by atoms with E-state index in [1.807, 2.05) is 6.07 Å². The van der Waals surface area contributed by atoms with Gasteiger partial charge in [-0.1, -0.05) is 15.9 Å². The largest absolute Gasteiger partial charge is 0.462 e. The second kappa shape index (κ2) is 4.77. The molecule has 0 fully saturated rings. The van der Waals surface area contributed by atoms with E-state index in [-0.39, 0.29) is 5.97 Å². The van der Waals surface area contributed by atoms with E-state index in [9.17, 15) is 4.79 Å². The molecule has 0 atom stereocenters. The summed E-state index contributed by atoms with van der Waals surface area (Å²) in [6.45, 7) is 2.17. The fourth-order valence-electron chi connectivity index (χ4n) is 0.863. The van der Waals surface area contributed by atoms with Gasteiger partial charge in [0.25, 0.3) is 0 Å². The van der Waals surface area contributed by atoms with Gasteiger partial charge in [0.1, 0.15) is 0 Å². The minimum atomic E-state index is -0.310. The van der Waals surface area contributed by atoms with Crippen molar-refractivity contribution in [1.82, 2.24) is 0 Å². The Hall–Kier alpha value is -0.350. The fourth-order valence-corrected chi connectivity index (χ4v) is 1.63. The van der Waals surface area contributed by atoms with Gasteiger partial charge in [-0.2, -0.15) is 0 Å². The highest BCUT2D eigenvalue weighted by Crippen LogP contribution is 2.22. The molecule has 0 N–H and O–H groups in total. The minimum absolute atomic E-state index is 0.310. The minimum Gasteiger partial charge on any atom is -0.462 e. The summed E-state index contributed by atoms with van der Waals surface area (Å²) in [5.74, 6) is -0.310. The number of ether oxygens (including phenoxy) is 1. The summed E-state index contributed by atoms with van der Waals surface area (Å²) in [7, 11) is 0. The lowest BCUT2D eigenvalue weighted by Gasteiger charge is -2.03. The van der Waals surface area contributed by atoms with Gasteiger partial charge in [0.2, 0.25) is 0 Å². The van der Waals surface area contributed by atoms with E-state index >= 15 is 0 Å². The van der Waals surface area contributed by atoms with Crippen LogP contribution in [0.1, 0.15) is 17.3 Å². The molecule has 0 spiro atoms. The summed E-state index contributed by atoms with van der Waals surface area (Å²) in [5.41, 5.74) is 0.538. The van der Waals surface area contributed by atoms with E-state index in [2.05, 4.69) is 31.9 Å². The Kier molecular flexibility index (Phi) is 3.93. The number of halogens is 2. The van der Waals surface area contributed by atoms with Crippen LogP contribution in [0.15, 0.2) is 27.1 Å². The number of esters is 1. The van der Waals surface area contributed by atoms with Crippen molar-refractivity contribution in [2.45, 2.75) is 6.92 Å². The molecular formula is C9H8Br2O2. The number of rotatable bonds is 2. The van der Waals surface area contributed by atoms with Gasteiger partial charge in [0, 0.05) is 8.95 Å². The van der Waals surface area contributed by atoms with E-state index in [1.165, 1.54) is 0 Å². The number of carbonyl (C=O) groups is 1. The van der Waals surface area contributed by atoms with Crippen molar-refractivity contribution in [3.63, 3.8) is 0 Å². The second-order valence-corrected chi connectivity index (χ2v) is 4.11. The van der Waals surface area contributed by atoms with Gasteiger partial charge in [-0.3, -0.25) is 0 Å². The Morgan fingerprint density at radius 2 is 2.15 bits per heavy atom. The Balaban J connectivity index is 2.99. The zero-order valence-corrected chi connectivity index (χ0v) is 10.2. The van der Waals surface area contributed by atoms with Crippen molar-refractivity contribution in [1.29, 1.82) is 0 Å². The predicted octanol–water partition coefficient (Wildman–Crippen LogP) is 3.39. The van der Waals surface area contributed by atoms with Crippen molar-refractivity contribution < 1.29 is 9.53 Å². The van der Waals surface area contributed by atoms with E-state index in [0.717, 1.165) is 8.95 Å². The summed E-state index contributed by atoms with van der Waals surface area (Å²) in [6, 6.07) is 5.38. The lowest BCUT2D eigenvalue weighted by atomic mass is 10.2. The Labute approximate surface area is 93.5 Å². The van der Waals surface area contributed by atoms with Crippen LogP contribution >= 0.6 is 31.9 Å². The Bertz CT molecular complexity index is 323. The lowest BCUT2D eigenvalue weighted by molar-refractivity contribution is 0.0525. The summed E-state index contributed by atoms with van der Waals surface area (Å²) >= 11 is 6.57. The molecule has 0 aliphatic rings. The molecule has 0 unspecified atom stereocenters. The van der Waals surface area contributed by atoms with Crippen LogP contribution in [0.2, 0.25) is 0 Å². The molecule has 0 saturated heterocycles. The molecule has 1 aromatic carbocycles. The first kappa shape index (κ1) is 10.7. The van der Waals surface area contributed by atoms with Crippen molar-refractivity contribution in [2.75, 3.05) is 6.61 Å². The highest BCUT2D eigenvalue weighted by Gasteiger charge is 2.10. The molecule has 0 aliphatic carbocycles. The van der Waals surface area contributed by atoms with Crippen LogP contribution in [0.5, 0.6) is 0 Å². The second-order valence-electron chi connectivity index (χ2n) is 2.34. The van der Waals surface area contributed by atoms with E-state index < -0.39 is 0 Å². The highest BCUT2D eigenvalue weighted by molar-refractivity contribution is 9.11. The third-order valence-corrected chi connectivity index (χ3v) is 2.61. The molecular weight excluding hydrogens is 300 g/mol. The smallest absolute Gasteiger partial charge is 0.339 e. The molecule has 4 heteroatoms. The van der Waals surface area contributed by atoms with Crippen LogP contribution in [0, 0.1) is 0 Å². The van der Waals surface area contributed by atoms with Gasteiger partial charge >= 0.3 is 5.97 Å². The Morgan fingerprint density at radius 3 is 2.77 bits per heavy atom. The van der Waals surface area contributed by atoms with Crippen molar-refractivity contribution in [3.8, 4) is 0 Å². The molecule has 0 aliphatic heterocycles. The van der Waals surface area contributed by atoms with Gasteiger partial charge < -0.3 is 4.74 Å². The van der Waals surface area contributed by atoms with Gasteiger partial charge in [-0.25, -0.2) is 4.79 Å². The summed E-state index contributed by atoms with van der Waals surface area (Å²) in [4.78, 5) is 11.3. The molecule has 0 heterocycles. The maximum absolute atomic E-state index is 11.3. The third kappa shape index (κ3) is 2.81. The van der Waals surface area contributed by atoms with Crippen LogP contribution < -0.4 is 0 Å². The van der Waals surface area contributed by atoms with Crippen molar-refractivity contribution in [2.24, 2.45) is 0 Å². The summed E-state index contributed by atoms with van der Waals surface area (Å²) in [5, 5.41) is 0. The molecule has 0 bridgehead atoms. The number of carbonyl (C=O) groups excluding carboxylic acids is 1.